The number of rotatable bonds is 7. The van der Waals surface area contributed by atoms with Crippen LogP contribution in [0.1, 0.15) is 52.4 Å². The fourth-order valence-electron chi connectivity index (χ4n) is 3.38. The minimum atomic E-state index is -3.13. The SMILES string of the molecule is CCCCS(=O)(=O)N1CCN([C@H](C)C(=O)NC2CCCC2)CC1. The third kappa shape index (κ3) is 5.16. The van der Waals surface area contributed by atoms with E-state index in [2.05, 4.69) is 10.2 Å². The maximum atomic E-state index is 12.3. The first-order valence-corrected chi connectivity index (χ1v) is 10.6. The average molecular weight is 346 g/mol. The Kier molecular flexibility index (Phi) is 6.85. The second-order valence-corrected chi connectivity index (χ2v) is 8.86. The van der Waals surface area contributed by atoms with Gasteiger partial charge in [0.25, 0.3) is 0 Å². The third-order valence-electron chi connectivity index (χ3n) is 5.05. The highest BCUT2D eigenvalue weighted by Gasteiger charge is 2.31. The molecule has 1 atom stereocenters. The molecule has 1 heterocycles. The smallest absolute Gasteiger partial charge is 0.237 e. The van der Waals surface area contributed by atoms with Crippen LogP contribution >= 0.6 is 0 Å². The Bertz CT molecular complexity index is 481. The molecule has 1 aliphatic heterocycles. The zero-order valence-corrected chi connectivity index (χ0v) is 15.3. The molecule has 0 aromatic rings. The molecule has 23 heavy (non-hydrogen) atoms. The van der Waals surface area contributed by atoms with E-state index in [1.165, 1.54) is 12.8 Å². The molecule has 0 aromatic carbocycles. The molecule has 0 radical (unpaired) electrons. The lowest BCUT2D eigenvalue weighted by Crippen LogP contribution is -2.55. The number of hydrogen-bond donors (Lipinski definition) is 1. The molecule has 6 nitrogen and oxygen atoms in total. The van der Waals surface area contributed by atoms with Crippen molar-refractivity contribution in [3.63, 3.8) is 0 Å². The van der Waals surface area contributed by atoms with Crippen LogP contribution in [0.25, 0.3) is 0 Å². The van der Waals surface area contributed by atoms with Crippen molar-refractivity contribution in [3.05, 3.63) is 0 Å². The molecule has 0 unspecified atom stereocenters. The monoisotopic (exact) mass is 345 g/mol. The average Bonchev–Trinajstić information content (AvgIpc) is 3.05. The van der Waals surface area contributed by atoms with Gasteiger partial charge in [0, 0.05) is 32.2 Å². The maximum absolute atomic E-state index is 12.3. The van der Waals surface area contributed by atoms with Gasteiger partial charge in [-0.15, -0.1) is 0 Å². The van der Waals surface area contributed by atoms with Crippen LogP contribution in [0.15, 0.2) is 0 Å². The first kappa shape index (κ1) is 18.7. The summed E-state index contributed by atoms with van der Waals surface area (Å²) in [5, 5.41) is 3.13. The number of carbonyl (C=O) groups is 1. The number of nitrogens with zero attached hydrogens (tertiary/aromatic N) is 2. The third-order valence-corrected chi connectivity index (χ3v) is 7.01. The van der Waals surface area contributed by atoms with Crippen molar-refractivity contribution in [2.24, 2.45) is 0 Å². The maximum Gasteiger partial charge on any atom is 0.237 e. The first-order chi connectivity index (χ1) is 10.9. The molecule has 0 bridgehead atoms. The van der Waals surface area contributed by atoms with E-state index in [0.29, 0.717) is 38.6 Å². The highest BCUT2D eigenvalue weighted by Crippen LogP contribution is 2.18. The topological polar surface area (TPSA) is 69.7 Å². The Labute approximate surface area is 140 Å². The van der Waals surface area contributed by atoms with Gasteiger partial charge in [0.1, 0.15) is 0 Å². The molecule has 2 rings (SSSR count). The molecule has 0 aromatic heterocycles. The second kappa shape index (κ2) is 8.44. The Morgan fingerprint density at radius 2 is 1.78 bits per heavy atom. The van der Waals surface area contributed by atoms with Crippen LogP contribution in [-0.4, -0.2) is 67.5 Å². The van der Waals surface area contributed by atoms with Crippen molar-refractivity contribution in [2.45, 2.75) is 64.5 Å². The van der Waals surface area contributed by atoms with Crippen LogP contribution in [0.5, 0.6) is 0 Å². The summed E-state index contributed by atoms with van der Waals surface area (Å²) in [6.45, 7) is 6.17. The number of piperazine rings is 1. The quantitative estimate of drug-likeness (QED) is 0.752. The fraction of sp³-hybridized carbons (Fsp3) is 0.938. The fourth-order valence-corrected chi connectivity index (χ4v) is 5.01. The van der Waals surface area contributed by atoms with E-state index in [0.717, 1.165) is 19.3 Å². The summed E-state index contributed by atoms with van der Waals surface area (Å²) >= 11 is 0. The number of sulfonamides is 1. The molecular formula is C16H31N3O3S. The predicted octanol–water partition coefficient (Wildman–Crippen LogP) is 1.18. The van der Waals surface area contributed by atoms with Crippen LogP contribution in [0.3, 0.4) is 0 Å². The summed E-state index contributed by atoms with van der Waals surface area (Å²) in [5.41, 5.74) is 0. The molecule has 2 fully saturated rings. The van der Waals surface area contributed by atoms with E-state index >= 15 is 0 Å². The number of hydrogen-bond acceptors (Lipinski definition) is 4. The minimum Gasteiger partial charge on any atom is -0.352 e. The zero-order chi connectivity index (χ0) is 16.9. The van der Waals surface area contributed by atoms with Gasteiger partial charge >= 0.3 is 0 Å². The molecule has 134 valence electrons. The van der Waals surface area contributed by atoms with Crippen molar-refractivity contribution in [1.82, 2.24) is 14.5 Å². The van der Waals surface area contributed by atoms with Gasteiger partial charge in [-0.2, -0.15) is 4.31 Å². The van der Waals surface area contributed by atoms with Crippen LogP contribution < -0.4 is 5.32 Å². The number of nitrogens with one attached hydrogen (secondary N) is 1. The highest BCUT2D eigenvalue weighted by atomic mass is 32.2. The van der Waals surface area contributed by atoms with Crippen LogP contribution in [-0.2, 0) is 14.8 Å². The largest absolute Gasteiger partial charge is 0.352 e. The van der Waals surface area contributed by atoms with Crippen molar-refractivity contribution in [1.29, 1.82) is 0 Å². The predicted molar refractivity (Wildman–Crippen MR) is 91.7 cm³/mol. The minimum absolute atomic E-state index is 0.0826. The van der Waals surface area contributed by atoms with Crippen molar-refractivity contribution in [3.8, 4) is 0 Å². The standard InChI is InChI=1S/C16H31N3O3S/c1-3-4-13-23(21,22)19-11-9-18(10-12-19)14(2)16(20)17-15-7-5-6-8-15/h14-15H,3-13H2,1-2H3,(H,17,20)/t14-/m1/s1. The van der Waals surface area contributed by atoms with E-state index in [-0.39, 0.29) is 17.7 Å². The van der Waals surface area contributed by atoms with Gasteiger partial charge < -0.3 is 5.32 Å². The highest BCUT2D eigenvalue weighted by molar-refractivity contribution is 7.89. The molecule has 1 aliphatic carbocycles. The number of amides is 1. The molecule has 1 saturated carbocycles. The van der Waals surface area contributed by atoms with Crippen LogP contribution in [0.2, 0.25) is 0 Å². The molecule has 1 amide bonds. The van der Waals surface area contributed by atoms with Gasteiger partial charge in [0.05, 0.1) is 11.8 Å². The molecule has 2 aliphatic rings. The van der Waals surface area contributed by atoms with Crippen molar-refractivity contribution in [2.75, 3.05) is 31.9 Å². The Hall–Kier alpha value is -0.660. The van der Waals surface area contributed by atoms with Gasteiger partial charge in [-0.05, 0) is 26.2 Å². The molecular weight excluding hydrogens is 314 g/mol. The van der Waals surface area contributed by atoms with E-state index in [1.807, 2.05) is 13.8 Å². The summed E-state index contributed by atoms with van der Waals surface area (Å²) in [6.07, 6.45) is 6.17. The van der Waals surface area contributed by atoms with Crippen LogP contribution in [0.4, 0.5) is 0 Å². The lowest BCUT2D eigenvalue weighted by Gasteiger charge is -2.37. The molecule has 1 N–H and O–H groups in total. The molecule has 0 spiro atoms. The summed E-state index contributed by atoms with van der Waals surface area (Å²) in [6, 6.07) is 0.150. The summed E-state index contributed by atoms with van der Waals surface area (Å²) in [5.74, 6) is 0.320. The van der Waals surface area contributed by atoms with E-state index in [9.17, 15) is 13.2 Å². The Morgan fingerprint density at radius 1 is 1.17 bits per heavy atom. The Balaban J connectivity index is 1.79. The van der Waals surface area contributed by atoms with Gasteiger partial charge in [0.2, 0.25) is 15.9 Å². The van der Waals surface area contributed by atoms with E-state index in [1.54, 1.807) is 4.31 Å². The Morgan fingerprint density at radius 3 is 2.35 bits per heavy atom. The normalized spacial score (nSPS) is 23.0. The lowest BCUT2D eigenvalue weighted by molar-refractivity contribution is -0.127. The molecule has 7 heteroatoms. The zero-order valence-electron chi connectivity index (χ0n) is 14.5. The van der Waals surface area contributed by atoms with Gasteiger partial charge in [0.15, 0.2) is 0 Å². The van der Waals surface area contributed by atoms with E-state index < -0.39 is 10.0 Å². The van der Waals surface area contributed by atoms with Crippen LogP contribution in [0, 0.1) is 0 Å². The van der Waals surface area contributed by atoms with E-state index in [4.69, 9.17) is 0 Å². The number of unbranched alkanes of at least 4 members (excludes halogenated alkanes) is 1. The summed E-state index contributed by atoms with van der Waals surface area (Å²) < 4.78 is 26.0. The lowest BCUT2D eigenvalue weighted by atomic mass is 10.2. The number of carbonyl (C=O) groups excluding carboxylic acids is 1. The molecule has 1 saturated heterocycles. The van der Waals surface area contributed by atoms with Gasteiger partial charge in [-0.1, -0.05) is 26.2 Å². The van der Waals surface area contributed by atoms with Crippen molar-refractivity contribution < 1.29 is 13.2 Å². The van der Waals surface area contributed by atoms with Crippen molar-refractivity contribution >= 4 is 15.9 Å². The van der Waals surface area contributed by atoms with Gasteiger partial charge in [-0.25, -0.2) is 8.42 Å². The van der Waals surface area contributed by atoms with Gasteiger partial charge in [-0.3, -0.25) is 9.69 Å². The second-order valence-electron chi connectivity index (χ2n) is 6.77. The first-order valence-electron chi connectivity index (χ1n) is 8.96. The summed E-state index contributed by atoms with van der Waals surface area (Å²) in [4.78, 5) is 14.4. The summed E-state index contributed by atoms with van der Waals surface area (Å²) in [7, 11) is -3.13.